The first-order valence-corrected chi connectivity index (χ1v) is 4.76. The third-order valence-corrected chi connectivity index (χ3v) is 2.30. The Morgan fingerprint density at radius 1 is 1.64 bits per heavy atom. The first-order valence-electron chi connectivity index (χ1n) is 4.38. The van der Waals surface area contributed by atoms with Gasteiger partial charge in [-0.25, -0.2) is 0 Å². The Hall–Kier alpha value is -1.33. The second-order valence-corrected chi connectivity index (χ2v) is 3.33. The maximum Gasteiger partial charge on any atom is 0.252 e. The molecule has 1 aromatic carbocycles. The van der Waals surface area contributed by atoms with Gasteiger partial charge in [-0.2, -0.15) is 5.26 Å². The smallest absolute Gasteiger partial charge is 0.252 e. The molecule has 0 fully saturated rings. The molecule has 0 unspecified atom stereocenters. The van der Waals surface area contributed by atoms with Crippen LogP contribution >= 0.6 is 11.6 Å². The Kier molecular flexibility index (Phi) is 3.67. The summed E-state index contributed by atoms with van der Waals surface area (Å²) < 4.78 is 0. The number of hydrogen-bond acceptors (Lipinski definition) is 2. The molecule has 0 aromatic heterocycles. The number of benzene rings is 1. The molecule has 0 amide bonds. The van der Waals surface area contributed by atoms with Crippen LogP contribution in [0.5, 0.6) is 0 Å². The normalized spacial score (nSPS) is 11.8. The zero-order valence-electron chi connectivity index (χ0n) is 7.83. The number of hydrogen-bond donors (Lipinski definition) is 0. The predicted octanol–water partition coefficient (Wildman–Crippen LogP) is 3.08. The lowest BCUT2D eigenvalue weighted by Gasteiger charge is -2.06. The fourth-order valence-electron chi connectivity index (χ4n) is 1.28. The van der Waals surface area contributed by atoms with E-state index in [-0.39, 0.29) is 5.92 Å². The van der Waals surface area contributed by atoms with E-state index in [1.165, 1.54) is 0 Å². The van der Waals surface area contributed by atoms with E-state index in [1.807, 2.05) is 13.0 Å². The number of carbonyl (C=O) groups excluding carboxylic acids is 1. The largest absolute Gasteiger partial charge is 0.276 e. The van der Waals surface area contributed by atoms with E-state index >= 15 is 0 Å². The number of halogens is 1. The minimum Gasteiger partial charge on any atom is -0.276 e. The van der Waals surface area contributed by atoms with Gasteiger partial charge in [0.2, 0.25) is 0 Å². The minimum absolute atomic E-state index is 0.161. The minimum atomic E-state index is -0.486. The van der Waals surface area contributed by atoms with E-state index in [2.05, 4.69) is 6.07 Å². The van der Waals surface area contributed by atoms with Crippen LogP contribution in [0.3, 0.4) is 0 Å². The van der Waals surface area contributed by atoms with Crippen LogP contribution in [0.2, 0.25) is 0 Å². The molecule has 0 spiro atoms. The lowest BCUT2D eigenvalue weighted by molar-refractivity contribution is 0.108. The summed E-state index contributed by atoms with van der Waals surface area (Å²) in [4.78, 5) is 10.9. The molecular weight excluding hydrogens is 198 g/mol. The zero-order valence-corrected chi connectivity index (χ0v) is 8.58. The van der Waals surface area contributed by atoms with Gasteiger partial charge in [0.1, 0.15) is 0 Å². The van der Waals surface area contributed by atoms with E-state index in [1.54, 1.807) is 18.2 Å². The van der Waals surface area contributed by atoms with Crippen molar-refractivity contribution in [2.45, 2.75) is 19.3 Å². The highest BCUT2D eigenvalue weighted by Crippen LogP contribution is 2.20. The highest BCUT2D eigenvalue weighted by Gasteiger charge is 2.09. The third-order valence-electron chi connectivity index (χ3n) is 2.08. The van der Waals surface area contributed by atoms with Crippen molar-refractivity contribution in [3.05, 3.63) is 35.4 Å². The van der Waals surface area contributed by atoms with Crippen molar-refractivity contribution >= 4 is 16.8 Å². The van der Waals surface area contributed by atoms with Crippen LogP contribution < -0.4 is 0 Å². The molecular formula is C11H10ClNO. The number of nitrogens with zero attached hydrogens (tertiary/aromatic N) is 1. The number of carbonyl (C=O) groups is 1. The number of nitriles is 1. The number of rotatable bonds is 3. The van der Waals surface area contributed by atoms with Gasteiger partial charge in [0, 0.05) is 5.56 Å². The van der Waals surface area contributed by atoms with E-state index in [0.717, 1.165) is 12.0 Å². The van der Waals surface area contributed by atoms with Crippen molar-refractivity contribution in [1.82, 2.24) is 0 Å². The van der Waals surface area contributed by atoms with Crippen molar-refractivity contribution in [2.75, 3.05) is 0 Å². The first kappa shape index (κ1) is 10.7. The molecule has 0 N–H and O–H groups in total. The van der Waals surface area contributed by atoms with Gasteiger partial charge in [-0.3, -0.25) is 4.79 Å². The van der Waals surface area contributed by atoms with Crippen LogP contribution in [0.15, 0.2) is 24.3 Å². The van der Waals surface area contributed by atoms with Gasteiger partial charge < -0.3 is 0 Å². The van der Waals surface area contributed by atoms with E-state index in [9.17, 15) is 4.79 Å². The molecule has 1 aromatic rings. The molecule has 72 valence electrons. The van der Waals surface area contributed by atoms with Crippen molar-refractivity contribution in [1.29, 1.82) is 5.26 Å². The van der Waals surface area contributed by atoms with Crippen LogP contribution in [0.1, 0.15) is 35.2 Å². The molecule has 14 heavy (non-hydrogen) atoms. The highest BCUT2D eigenvalue weighted by molar-refractivity contribution is 6.67. The Morgan fingerprint density at radius 2 is 2.36 bits per heavy atom. The van der Waals surface area contributed by atoms with Crippen molar-refractivity contribution in [2.24, 2.45) is 0 Å². The molecule has 0 heterocycles. The summed E-state index contributed by atoms with van der Waals surface area (Å²) in [6, 6.07) is 9.07. The van der Waals surface area contributed by atoms with Gasteiger partial charge in [-0.15, -0.1) is 0 Å². The van der Waals surface area contributed by atoms with Gasteiger partial charge in [-0.1, -0.05) is 25.1 Å². The summed E-state index contributed by atoms with van der Waals surface area (Å²) in [5, 5.41) is 8.35. The van der Waals surface area contributed by atoms with E-state index < -0.39 is 5.24 Å². The standard InChI is InChI=1S/C11H10ClNO/c1-2-8(7-13)9-4-3-5-10(6-9)11(12)14/h3-6,8H,2H2,1H3/t8-/m0/s1. The molecule has 0 saturated heterocycles. The molecule has 1 atom stereocenters. The lowest BCUT2D eigenvalue weighted by Crippen LogP contribution is -1.96. The van der Waals surface area contributed by atoms with Crippen LogP contribution in [0.4, 0.5) is 0 Å². The Balaban J connectivity index is 3.06. The molecule has 0 radical (unpaired) electrons. The van der Waals surface area contributed by atoms with Crippen LogP contribution in [-0.2, 0) is 0 Å². The summed E-state index contributed by atoms with van der Waals surface area (Å²) in [5.41, 5.74) is 1.29. The first-order chi connectivity index (χ1) is 6.69. The van der Waals surface area contributed by atoms with Gasteiger partial charge in [0.25, 0.3) is 5.24 Å². The highest BCUT2D eigenvalue weighted by atomic mass is 35.5. The van der Waals surface area contributed by atoms with Crippen molar-refractivity contribution in [3.63, 3.8) is 0 Å². The fraction of sp³-hybridized carbons (Fsp3) is 0.273. The summed E-state index contributed by atoms with van der Waals surface area (Å²) in [5.74, 6) is -0.161. The van der Waals surface area contributed by atoms with E-state index in [0.29, 0.717) is 5.56 Å². The average Bonchev–Trinajstić information content (AvgIpc) is 2.20. The summed E-state index contributed by atoms with van der Waals surface area (Å²) >= 11 is 5.34. The third kappa shape index (κ3) is 2.34. The monoisotopic (exact) mass is 207 g/mol. The van der Waals surface area contributed by atoms with Crippen molar-refractivity contribution in [3.8, 4) is 6.07 Å². The SMILES string of the molecule is CC[C@@H](C#N)c1cccc(C(=O)Cl)c1. The molecule has 0 aliphatic carbocycles. The zero-order chi connectivity index (χ0) is 10.6. The van der Waals surface area contributed by atoms with Crippen molar-refractivity contribution < 1.29 is 4.79 Å². The maximum absolute atomic E-state index is 10.9. The Morgan fingerprint density at radius 3 is 2.86 bits per heavy atom. The van der Waals surface area contributed by atoms with Gasteiger partial charge in [-0.05, 0) is 29.7 Å². The Labute approximate surface area is 88.1 Å². The van der Waals surface area contributed by atoms with Crippen LogP contribution in [-0.4, -0.2) is 5.24 Å². The topological polar surface area (TPSA) is 40.9 Å². The maximum atomic E-state index is 10.9. The van der Waals surface area contributed by atoms with Crippen LogP contribution in [0, 0.1) is 11.3 Å². The van der Waals surface area contributed by atoms with Crippen LogP contribution in [0.25, 0.3) is 0 Å². The molecule has 0 saturated carbocycles. The predicted molar refractivity (Wildman–Crippen MR) is 55.3 cm³/mol. The summed E-state index contributed by atoms with van der Waals surface area (Å²) in [6.07, 6.45) is 0.733. The molecule has 0 aliphatic heterocycles. The summed E-state index contributed by atoms with van der Waals surface area (Å²) in [7, 11) is 0. The Bertz CT molecular complexity index is 381. The quantitative estimate of drug-likeness (QED) is 0.715. The molecule has 0 aliphatic rings. The van der Waals surface area contributed by atoms with E-state index in [4.69, 9.17) is 16.9 Å². The van der Waals surface area contributed by atoms with Gasteiger partial charge >= 0.3 is 0 Å². The second-order valence-electron chi connectivity index (χ2n) is 2.99. The second kappa shape index (κ2) is 4.78. The molecule has 2 nitrogen and oxygen atoms in total. The van der Waals surface area contributed by atoms with Gasteiger partial charge in [0.15, 0.2) is 0 Å². The lowest BCUT2D eigenvalue weighted by atomic mass is 9.97. The fourth-order valence-corrected chi connectivity index (χ4v) is 1.40. The molecule has 1 rings (SSSR count). The molecule has 0 bridgehead atoms. The summed E-state index contributed by atoms with van der Waals surface area (Å²) in [6.45, 7) is 1.93. The average molecular weight is 208 g/mol. The van der Waals surface area contributed by atoms with Gasteiger partial charge in [0.05, 0.1) is 12.0 Å². The molecule has 3 heteroatoms.